The largest absolute Gasteiger partial charge is 0.478 e. The van der Waals surface area contributed by atoms with Gasteiger partial charge in [-0.2, -0.15) is 0 Å². The molecule has 0 radical (unpaired) electrons. The highest BCUT2D eigenvalue weighted by Crippen LogP contribution is 2.14. The fourth-order valence-electron chi connectivity index (χ4n) is 2.75. The number of aromatic nitrogens is 1. The van der Waals surface area contributed by atoms with Gasteiger partial charge in [-0.25, -0.2) is 4.79 Å². The molecule has 0 bridgehead atoms. The summed E-state index contributed by atoms with van der Waals surface area (Å²) in [4.78, 5) is 23.1. The number of nitrogens with one attached hydrogen (secondary N) is 1. The standard InChI is InChI=1S/C18H22N2O3/c1-4-20-12(2)11-16(13(20)3)17(21)19-10-9-14-5-7-15(8-6-14)18(22)23/h5-8,11H,4,9-10H2,1-3H3,(H,19,21)(H,22,23). The van der Waals surface area contributed by atoms with E-state index in [2.05, 4.69) is 16.8 Å². The second-order valence-electron chi connectivity index (χ2n) is 5.54. The monoisotopic (exact) mass is 314 g/mol. The molecule has 5 heteroatoms. The van der Waals surface area contributed by atoms with Crippen LogP contribution >= 0.6 is 0 Å². The van der Waals surface area contributed by atoms with E-state index in [9.17, 15) is 9.59 Å². The first-order valence-electron chi connectivity index (χ1n) is 7.71. The first-order valence-corrected chi connectivity index (χ1v) is 7.71. The molecule has 0 atom stereocenters. The molecule has 1 amide bonds. The van der Waals surface area contributed by atoms with Crippen molar-refractivity contribution in [1.29, 1.82) is 0 Å². The van der Waals surface area contributed by atoms with E-state index in [1.54, 1.807) is 24.3 Å². The highest BCUT2D eigenvalue weighted by atomic mass is 16.4. The average molecular weight is 314 g/mol. The van der Waals surface area contributed by atoms with Crippen LogP contribution in [0.2, 0.25) is 0 Å². The number of carboxylic acids is 1. The van der Waals surface area contributed by atoms with Crippen molar-refractivity contribution in [3.05, 3.63) is 58.4 Å². The molecule has 0 aliphatic rings. The maximum atomic E-state index is 12.3. The molecule has 1 aromatic carbocycles. The van der Waals surface area contributed by atoms with Crippen LogP contribution < -0.4 is 5.32 Å². The van der Waals surface area contributed by atoms with E-state index in [0.717, 1.165) is 23.5 Å². The third kappa shape index (κ3) is 3.80. The van der Waals surface area contributed by atoms with Gasteiger partial charge >= 0.3 is 5.97 Å². The highest BCUT2D eigenvalue weighted by molar-refractivity contribution is 5.95. The third-order valence-corrected chi connectivity index (χ3v) is 4.03. The van der Waals surface area contributed by atoms with E-state index in [0.29, 0.717) is 18.5 Å². The van der Waals surface area contributed by atoms with Gasteiger partial charge in [-0.15, -0.1) is 0 Å². The molecule has 0 aliphatic heterocycles. The summed E-state index contributed by atoms with van der Waals surface area (Å²) >= 11 is 0. The lowest BCUT2D eigenvalue weighted by Crippen LogP contribution is -2.26. The highest BCUT2D eigenvalue weighted by Gasteiger charge is 2.14. The molecule has 1 aromatic heterocycles. The number of amides is 1. The molecule has 0 fully saturated rings. The lowest BCUT2D eigenvalue weighted by atomic mass is 10.1. The Balaban J connectivity index is 1.93. The van der Waals surface area contributed by atoms with Crippen molar-refractivity contribution in [2.45, 2.75) is 33.7 Å². The number of benzene rings is 1. The molecule has 0 saturated carbocycles. The van der Waals surface area contributed by atoms with Gasteiger partial charge in [-0.1, -0.05) is 12.1 Å². The summed E-state index contributed by atoms with van der Waals surface area (Å²) in [5.74, 6) is -1.00. The Morgan fingerprint density at radius 3 is 2.35 bits per heavy atom. The minimum Gasteiger partial charge on any atom is -0.478 e. The van der Waals surface area contributed by atoms with Crippen molar-refractivity contribution >= 4 is 11.9 Å². The molecule has 2 aromatic rings. The molecule has 1 heterocycles. The second-order valence-corrected chi connectivity index (χ2v) is 5.54. The molecule has 2 N–H and O–H groups in total. The third-order valence-electron chi connectivity index (χ3n) is 4.03. The Morgan fingerprint density at radius 1 is 1.17 bits per heavy atom. The molecule has 23 heavy (non-hydrogen) atoms. The summed E-state index contributed by atoms with van der Waals surface area (Å²) in [6.45, 7) is 7.37. The predicted octanol–water partition coefficient (Wildman–Crippen LogP) is 2.80. The van der Waals surface area contributed by atoms with Crippen LogP contribution in [0.1, 0.15) is 44.6 Å². The number of rotatable bonds is 6. The smallest absolute Gasteiger partial charge is 0.335 e. The molecule has 0 spiro atoms. The van der Waals surface area contributed by atoms with Crippen LogP contribution in [0, 0.1) is 13.8 Å². The SMILES string of the molecule is CCn1c(C)cc(C(=O)NCCc2ccc(C(=O)O)cc2)c1C. The van der Waals surface area contributed by atoms with Gasteiger partial charge in [0.05, 0.1) is 11.1 Å². The zero-order valence-electron chi connectivity index (χ0n) is 13.7. The zero-order valence-corrected chi connectivity index (χ0v) is 13.7. The number of hydrogen-bond acceptors (Lipinski definition) is 2. The van der Waals surface area contributed by atoms with Crippen LogP contribution in [-0.2, 0) is 13.0 Å². The van der Waals surface area contributed by atoms with Crippen molar-refractivity contribution < 1.29 is 14.7 Å². The van der Waals surface area contributed by atoms with Gasteiger partial charge in [0.25, 0.3) is 5.91 Å². The molecule has 5 nitrogen and oxygen atoms in total. The van der Waals surface area contributed by atoms with Crippen LogP contribution in [-0.4, -0.2) is 28.1 Å². The van der Waals surface area contributed by atoms with E-state index in [1.807, 2.05) is 19.9 Å². The number of nitrogens with zero attached hydrogens (tertiary/aromatic N) is 1. The molecule has 0 saturated heterocycles. The Labute approximate surface area is 135 Å². The maximum Gasteiger partial charge on any atom is 0.335 e. The Bertz CT molecular complexity index is 715. The fourth-order valence-corrected chi connectivity index (χ4v) is 2.75. The average Bonchev–Trinajstić information content (AvgIpc) is 2.82. The molecule has 0 aliphatic carbocycles. The van der Waals surface area contributed by atoms with Gasteiger partial charge < -0.3 is 15.0 Å². The minimum atomic E-state index is -0.934. The van der Waals surface area contributed by atoms with Gasteiger partial charge in [-0.05, 0) is 51.0 Å². The van der Waals surface area contributed by atoms with Crippen LogP contribution in [0.25, 0.3) is 0 Å². The van der Waals surface area contributed by atoms with E-state index in [-0.39, 0.29) is 11.5 Å². The summed E-state index contributed by atoms with van der Waals surface area (Å²) in [5, 5.41) is 11.8. The lowest BCUT2D eigenvalue weighted by molar-refractivity contribution is 0.0696. The van der Waals surface area contributed by atoms with Gasteiger partial charge in [0, 0.05) is 24.5 Å². The fraction of sp³-hybridized carbons (Fsp3) is 0.333. The second kappa shape index (κ2) is 7.13. The van der Waals surface area contributed by atoms with Crippen LogP contribution in [0.4, 0.5) is 0 Å². The van der Waals surface area contributed by atoms with Crippen molar-refractivity contribution in [1.82, 2.24) is 9.88 Å². The first kappa shape index (κ1) is 16.8. The van der Waals surface area contributed by atoms with Gasteiger partial charge in [0.15, 0.2) is 0 Å². The number of aryl methyl sites for hydroxylation is 1. The summed E-state index contributed by atoms with van der Waals surface area (Å²) in [6, 6.07) is 8.62. The summed E-state index contributed by atoms with van der Waals surface area (Å²) in [7, 11) is 0. The van der Waals surface area contributed by atoms with Crippen LogP contribution in [0.15, 0.2) is 30.3 Å². The summed E-state index contributed by atoms with van der Waals surface area (Å²) < 4.78 is 2.11. The molecule has 0 unspecified atom stereocenters. The maximum absolute atomic E-state index is 12.3. The molecule has 2 rings (SSSR count). The normalized spacial score (nSPS) is 10.6. The lowest BCUT2D eigenvalue weighted by Gasteiger charge is -2.07. The van der Waals surface area contributed by atoms with Gasteiger partial charge in [-0.3, -0.25) is 4.79 Å². The Kier molecular flexibility index (Phi) is 5.21. The van der Waals surface area contributed by atoms with E-state index in [1.165, 1.54) is 0 Å². The zero-order chi connectivity index (χ0) is 17.0. The molecular weight excluding hydrogens is 292 g/mol. The quantitative estimate of drug-likeness (QED) is 0.861. The summed E-state index contributed by atoms with van der Waals surface area (Å²) in [5.41, 5.74) is 4.04. The van der Waals surface area contributed by atoms with E-state index in [4.69, 9.17) is 5.11 Å². The minimum absolute atomic E-state index is 0.0695. The number of carbonyl (C=O) groups is 2. The van der Waals surface area contributed by atoms with Crippen molar-refractivity contribution in [3.63, 3.8) is 0 Å². The Morgan fingerprint density at radius 2 is 1.83 bits per heavy atom. The van der Waals surface area contributed by atoms with E-state index < -0.39 is 5.97 Å². The van der Waals surface area contributed by atoms with Gasteiger partial charge in [0.2, 0.25) is 0 Å². The topological polar surface area (TPSA) is 71.3 Å². The number of carbonyl (C=O) groups excluding carboxylic acids is 1. The first-order chi connectivity index (χ1) is 10.9. The van der Waals surface area contributed by atoms with Crippen LogP contribution in [0.3, 0.4) is 0 Å². The van der Waals surface area contributed by atoms with E-state index >= 15 is 0 Å². The molecular formula is C18H22N2O3. The number of carboxylic acid groups (broad SMARTS) is 1. The summed E-state index contributed by atoms with van der Waals surface area (Å²) in [6.07, 6.45) is 0.665. The predicted molar refractivity (Wildman–Crippen MR) is 89.0 cm³/mol. The van der Waals surface area contributed by atoms with Gasteiger partial charge in [0.1, 0.15) is 0 Å². The molecule has 122 valence electrons. The number of aromatic carboxylic acids is 1. The Hall–Kier alpha value is -2.56. The van der Waals surface area contributed by atoms with Crippen molar-refractivity contribution in [3.8, 4) is 0 Å². The van der Waals surface area contributed by atoms with Crippen LogP contribution in [0.5, 0.6) is 0 Å². The number of hydrogen-bond donors (Lipinski definition) is 2. The van der Waals surface area contributed by atoms with Crippen molar-refractivity contribution in [2.75, 3.05) is 6.54 Å². The van der Waals surface area contributed by atoms with Crippen molar-refractivity contribution in [2.24, 2.45) is 0 Å².